The van der Waals surface area contributed by atoms with E-state index < -0.39 is 10.0 Å². The Kier molecular flexibility index (Phi) is 7.37. The summed E-state index contributed by atoms with van der Waals surface area (Å²) in [7, 11) is -0.679. The molecule has 35 heavy (non-hydrogen) atoms. The van der Waals surface area contributed by atoms with Crippen LogP contribution in [0.3, 0.4) is 0 Å². The van der Waals surface area contributed by atoms with Crippen LogP contribution in [0.15, 0.2) is 87.3 Å². The Morgan fingerprint density at radius 3 is 2.09 bits per heavy atom. The van der Waals surface area contributed by atoms with Crippen molar-refractivity contribution in [2.45, 2.75) is 10.1 Å². The molecule has 0 fully saturated rings. The number of nitrogens with one attached hydrogen (secondary N) is 1. The number of aromatic nitrogens is 2. The number of Topliss-reactive ketones (excluding diaryl/α,β-unsaturated/α-hetero) is 1. The number of rotatable bonds is 10. The van der Waals surface area contributed by atoms with Gasteiger partial charge in [-0.1, -0.05) is 11.8 Å². The minimum Gasteiger partial charge on any atom is -0.497 e. The maximum absolute atomic E-state index is 12.6. The van der Waals surface area contributed by atoms with E-state index in [1.54, 1.807) is 67.8 Å². The van der Waals surface area contributed by atoms with Gasteiger partial charge < -0.3 is 13.9 Å². The molecule has 180 valence electrons. The standard InChI is InChI=1S/C24H21N3O6S2/c1-31-19-9-5-16(6-10-19)22(28)15-34-24-26-25-23(33-24)17-3-7-18(8-4-17)27-35(29,30)21-13-11-20(32-2)12-14-21/h3-14,27H,15H2,1-2H3. The predicted octanol–water partition coefficient (Wildman–Crippen LogP) is 4.53. The van der Waals surface area contributed by atoms with E-state index in [9.17, 15) is 13.2 Å². The average molecular weight is 512 g/mol. The molecule has 0 unspecified atom stereocenters. The number of nitrogens with zero attached hydrogens (tertiary/aromatic N) is 2. The van der Waals surface area contributed by atoms with E-state index in [0.717, 1.165) is 11.8 Å². The molecule has 11 heteroatoms. The number of ether oxygens (including phenoxy) is 2. The number of carbonyl (C=O) groups excluding carboxylic acids is 1. The van der Waals surface area contributed by atoms with Gasteiger partial charge in [0.1, 0.15) is 11.5 Å². The van der Waals surface area contributed by atoms with Crippen molar-refractivity contribution in [1.82, 2.24) is 10.2 Å². The van der Waals surface area contributed by atoms with E-state index in [4.69, 9.17) is 13.9 Å². The fourth-order valence-electron chi connectivity index (χ4n) is 3.02. The number of methoxy groups -OCH3 is 2. The number of anilines is 1. The number of ketones is 1. The molecule has 0 bridgehead atoms. The maximum Gasteiger partial charge on any atom is 0.277 e. The number of thioether (sulfide) groups is 1. The van der Waals surface area contributed by atoms with E-state index in [1.165, 1.54) is 19.2 Å². The molecule has 0 spiro atoms. The Morgan fingerprint density at radius 2 is 1.49 bits per heavy atom. The molecule has 1 N–H and O–H groups in total. The highest BCUT2D eigenvalue weighted by molar-refractivity contribution is 7.99. The van der Waals surface area contributed by atoms with Crippen LogP contribution in [0.5, 0.6) is 11.5 Å². The molecule has 0 saturated carbocycles. The van der Waals surface area contributed by atoms with Gasteiger partial charge in [0.25, 0.3) is 15.2 Å². The minimum atomic E-state index is -3.75. The summed E-state index contributed by atoms with van der Waals surface area (Å²) in [6.45, 7) is 0. The van der Waals surface area contributed by atoms with Crippen LogP contribution in [0, 0.1) is 0 Å². The number of hydrogen-bond acceptors (Lipinski definition) is 9. The van der Waals surface area contributed by atoms with E-state index in [-0.39, 0.29) is 27.5 Å². The number of carbonyl (C=O) groups is 1. The van der Waals surface area contributed by atoms with Gasteiger partial charge in [-0.25, -0.2) is 8.42 Å². The molecule has 0 aliphatic rings. The Morgan fingerprint density at radius 1 is 0.886 bits per heavy atom. The van der Waals surface area contributed by atoms with Crippen molar-refractivity contribution in [3.63, 3.8) is 0 Å². The third-order valence-electron chi connectivity index (χ3n) is 4.90. The third kappa shape index (κ3) is 6.00. The first-order valence-corrected chi connectivity index (χ1v) is 12.8. The summed E-state index contributed by atoms with van der Waals surface area (Å²) in [4.78, 5) is 12.5. The van der Waals surface area contributed by atoms with Crippen molar-refractivity contribution in [3.8, 4) is 23.0 Å². The summed E-state index contributed by atoms with van der Waals surface area (Å²) in [5.74, 6) is 1.56. The van der Waals surface area contributed by atoms with Crippen LogP contribution >= 0.6 is 11.8 Å². The molecule has 0 aliphatic carbocycles. The number of hydrogen-bond donors (Lipinski definition) is 1. The summed E-state index contributed by atoms with van der Waals surface area (Å²) in [6, 6.07) is 19.5. The fourth-order valence-corrected chi connectivity index (χ4v) is 4.74. The summed E-state index contributed by atoms with van der Waals surface area (Å²) >= 11 is 1.14. The quantitative estimate of drug-likeness (QED) is 0.242. The molecule has 4 aromatic rings. The second-order valence-electron chi connectivity index (χ2n) is 7.17. The number of benzene rings is 3. The molecular formula is C24H21N3O6S2. The van der Waals surface area contributed by atoms with Crippen LogP contribution in [0.4, 0.5) is 5.69 Å². The van der Waals surface area contributed by atoms with Crippen LogP contribution in [-0.2, 0) is 10.0 Å². The van der Waals surface area contributed by atoms with Gasteiger partial charge in [0.05, 0.1) is 24.9 Å². The molecule has 0 saturated heterocycles. The average Bonchev–Trinajstić information content (AvgIpc) is 3.36. The van der Waals surface area contributed by atoms with E-state index in [2.05, 4.69) is 14.9 Å². The molecule has 9 nitrogen and oxygen atoms in total. The molecule has 0 amide bonds. The second-order valence-corrected chi connectivity index (χ2v) is 9.78. The molecule has 0 aliphatic heterocycles. The minimum absolute atomic E-state index is 0.0779. The van der Waals surface area contributed by atoms with Gasteiger partial charge in [-0.15, -0.1) is 10.2 Å². The zero-order chi connectivity index (χ0) is 24.8. The van der Waals surface area contributed by atoms with Gasteiger partial charge >= 0.3 is 0 Å². The van der Waals surface area contributed by atoms with Crippen molar-refractivity contribution in [3.05, 3.63) is 78.4 Å². The Balaban J connectivity index is 1.37. The Hall–Kier alpha value is -3.83. The molecular weight excluding hydrogens is 490 g/mol. The van der Waals surface area contributed by atoms with Crippen molar-refractivity contribution >= 4 is 33.3 Å². The predicted molar refractivity (Wildman–Crippen MR) is 132 cm³/mol. The Labute approximate surface area is 206 Å². The monoisotopic (exact) mass is 511 g/mol. The first kappa shape index (κ1) is 24.3. The van der Waals surface area contributed by atoms with E-state index in [0.29, 0.717) is 28.3 Å². The lowest BCUT2D eigenvalue weighted by molar-refractivity contribution is 0.102. The van der Waals surface area contributed by atoms with Gasteiger partial charge in [0.15, 0.2) is 5.78 Å². The maximum atomic E-state index is 12.6. The highest BCUT2D eigenvalue weighted by Gasteiger charge is 2.16. The fraction of sp³-hybridized carbons (Fsp3) is 0.125. The smallest absolute Gasteiger partial charge is 0.277 e. The molecule has 0 atom stereocenters. The van der Waals surface area contributed by atoms with Crippen molar-refractivity contribution in [1.29, 1.82) is 0 Å². The van der Waals surface area contributed by atoms with Crippen molar-refractivity contribution in [2.75, 3.05) is 24.7 Å². The lowest BCUT2D eigenvalue weighted by Crippen LogP contribution is -2.12. The van der Waals surface area contributed by atoms with Crippen LogP contribution in [-0.4, -0.2) is 44.4 Å². The molecule has 4 rings (SSSR count). The van der Waals surface area contributed by atoms with Gasteiger partial charge in [-0.3, -0.25) is 9.52 Å². The highest BCUT2D eigenvalue weighted by Crippen LogP contribution is 2.26. The zero-order valence-corrected chi connectivity index (χ0v) is 20.4. The van der Waals surface area contributed by atoms with Gasteiger partial charge in [0.2, 0.25) is 5.89 Å². The lowest BCUT2D eigenvalue weighted by atomic mass is 10.1. The Bertz CT molecular complexity index is 1400. The van der Waals surface area contributed by atoms with Crippen LogP contribution in [0.25, 0.3) is 11.5 Å². The van der Waals surface area contributed by atoms with Crippen molar-refractivity contribution < 1.29 is 27.1 Å². The second kappa shape index (κ2) is 10.6. The van der Waals surface area contributed by atoms with Crippen molar-refractivity contribution in [2.24, 2.45) is 0 Å². The van der Waals surface area contributed by atoms with Gasteiger partial charge in [-0.05, 0) is 72.8 Å². The normalized spacial score (nSPS) is 11.1. The van der Waals surface area contributed by atoms with Crippen LogP contribution in [0.1, 0.15) is 10.4 Å². The first-order chi connectivity index (χ1) is 16.9. The summed E-state index contributed by atoms with van der Waals surface area (Å²) in [5.41, 5.74) is 1.55. The first-order valence-electron chi connectivity index (χ1n) is 10.3. The lowest BCUT2D eigenvalue weighted by Gasteiger charge is -2.09. The van der Waals surface area contributed by atoms with Crippen LogP contribution in [0.2, 0.25) is 0 Å². The zero-order valence-electron chi connectivity index (χ0n) is 18.8. The van der Waals surface area contributed by atoms with Crippen LogP contribution < -0.4 is 14.2 Å². The summed E-state index contributed by atoms with van der Waals surface area (Å²) in [5, 5.41) is 8.24. The highest BCUT2D eigenvalue weighted by atomic mass is 32.2. The third-order valence-corrected chi connectivity index (χ3v) is 7.11. The molecule has 0 radical (unpaired) electrons. The topological polar surface area (TPSA) is 121 Å². The SMILES string of the molecule is COc1ccc(C(=O)CSc2nnc(-c3ccc(NS(=O)(=O)c4ccc(OC)cc4)cc3)o2)cc1. The van der Waals surface area contributed by atoms with E-state index >= 15 is 0 Å². The number of sulfonamides is 1. The molecule has 1 aromatic heterocycles. The molecule has 1 heterocycles. The van der Waals surface area contributed by atoms with E-state index in [1.807, 2.05) is 0 Å². The largest absolute Gasteiger partial charge is 0.497 e. The summed E-state index contributed by atoms with van der Waals surface area (Å²) < 4.78 is 43.5. The summed E-state index contributed by atoms with van der Waals surface area (Å²) in [6.07, 6.45) is 0. The van der Waals surface area contributed by atoms with Gasteiger partial charge in [0, 0.05) is 16.8 Å². The molecule has 3 aromatic carbocycles. The van der Waals surface area contributed by atoms with Gasteiger partial charge in [-0.2, -0.15) is 0 Å².